The van der Waals surface area contributed by atoms with Crippen molar-refractivity contribution in [2.75, 3.05) is 0 Å². The lowest BCUT2D eigenvalue weighted by atomic mass is 10.0. The van der Waals surface area contributed by atoms with Crippen LogP contribution in [-0.4, -0.2) is 5.91 Å². The normalized spacial score (nSPS) is 10.3. The maximum absolute atomic E-state index is 12.5. The summed E-state index contributed by atoms with van der Waals surface area (Å²) >= 11 is 0. The van der Waals surface area contributed by atoms with E-state index >= 15 is 0 Å². The summed E-state index contributed by atoms with van der Waals surface area (Å²) in [5, 5.41) is 4.87. The van der Waals surface area contributed by atoms with Crippen molar-refractivity contribution in [1.82, 2.24) is 5.32 Å². The van der Waals surface area contributed by atoms with Crippen molar-refractivity contribution in [3.8, 4) is 0 Å². The Morgan fingerprint density at radius 1 is 0.810 bits per heavy atom. The molecule has 3 aromatic carbocycles. The zero-order valence-electron chi connectivity index (χ0n) is 11.5. The van der Waals surface area contributed by atoms with Gasteiger partial charge in [0, 0.05) is 11.3 Å². The molecule has 0 aliphatic heterocycles. The van der Waals surface area contributed by atoms with Crippen LogP contribution in [0.2, 0.25) is 0 Å². The molecule has 1 N–H and O–H groups in total. The van der Waals surface area contributed by atoms with E-state index in [0.29, 0.717) is 11.3 Å². The van der Waals surface area contributed by atoms with Gasteiger partial charge in [-0.05, 0) is 22.4 Å². The van der Waals surface area contributed by atoms with Crippen molar-refractivity contribution in [3.05, 3.63) is 90.5 Å². The van der Waals surface area contributed by atoms with Gasteiger partial charge in [0.05, 0.1) is 0 Å². The van der Waals surface area contributed by atoms with Crippen LogP contribution in [0.5, 0.6) is 0 Å². The van der Waals surface area contributed by atoms with E-state index < -0.39 is 0 Å². The lowest BCUT2D eigenvalue weighted by molar-refractivity contribution is 0.0975. The van der Waals surface area contributed by atoms with Crippen LogP contribution in [0, 0.1) is 0 Å². The molecule has 102 valence electrons. The molecule has 1 amide bonds. The second-order valence-electron chi connectivity index (χ2n) is 4.83. The van der Waals surface area contributed by atoms with Gasteiger partial charge in [0.1, 0.15) is 0 Å². The Hall–Kier alpha value is -2.87. The van der Waals surface area contributed by atoms with Crippen LogP contribution in [0.1, 0.15) is 15.9 Å². The molecule has 0 saturated carbocycles. The number of nitrogens with one attached hydrogen (secondary N) is 1. The largest absolute Gasteiger partial charge is 0.322 e. The third-order valence-corrected chi connectivity index (χ3v) is 3.42. The molecule has 3 aromatic rings. The molecular weight excluding hydrogens is 258 g/mol. The van der Waals surface area contributed by atoms with E-state index in [1.807, 2.05) is 72.8 Å². The van der Waals surface area contributed by atoms with Crippen molar-refractivity contribution in [1.29, 1.82) is 0 Å². The highest BCUT2D eigenvalue weighted by Gasteiger charge is 2.10. The number of carbonyl (C=O) groups excluding carboxylic acids is 1. The molecule has 0 saturated heterocycles. The van der Waals surface area contributed by atoms with Crippen LogP contribution in [0.3, 0.4) is 0 Å². The molecule has 0 unspecified atom stereocenters. The summed E-state index contributed by atoms with van der Waals surface area (Å²) in [5.74, 6) is -0.138. The lowest BCUT2D eigenvalue weighted by Crippen LogP contribution is -2.21. The van der Waals surface area contributed by atoms with Crippen molar-refractivity contribution in [2.45, 2.75) is 0 Å². The summed E-state index contributed by atoms with van der Waals surface area (Å²) in [6.07, 6.45) is 0. The van der Waals surface area contributed by atoms with E-state index in [9.17, 15) is 4.79 Å². The van der Waals surface area contributed by atoms with Crippen LogP contribution >= 0.6 is 0 Å². The maximum atomic E-state index is 12.5. The van der Waals surface area contributed by atoms with Gasteiger partial charge in [-0.25, -0.2) is 0 Å². The van der Waals surface area contributed by atoms with Gasteiger partial charge >= 0.3 is 0 Å². The fourth-order valence-corrected chi connectivity index (χ4v) is 2.34. The van der Waals surface area contributed by atoms with Crippen LogP contribution < -0.4 is 5.32 Å². The monoisotopic (exact) mass is 273 g/mol. The van der Waals surface area contributed by atoms with Crippen LogP contribution in [-0.2, 0) is 0 Å². The molecule has 21 heavy (non-hydrogen) atoms. The van der Waals surface area contributed by atoms with Crippen LogP contribution in [0.15, 0.2) is 79.4 Å². The molecule has 0 bridgehead atoms. The zero-order valence-corrected chi connectivity index (χ0v) is 11.5. The van der Waals surface area contributed by atoms with Gasteiger partial charge in [0.2, 0.25) is 0 Å². The highest BCUT2D eigenvalue weighted by Crippen LogP contribution is 2.19. The summed E-state index contributed by atoms with van der Waals surface area (Å²) in [6.45, 7) is 3.94. The van der Waals surface area contributed by atoms with Gasteiger partial charge in [0.25, 0.3) is 5.91 Å². The molecule has 0 heterocycles. The Balaban J connectivity index is 1.90. The van der Waals surface area contributed by atoms with Gasteiger partial charge in [-0.15, -0.1) is 0 Å². The molecule has 3 rings (SSSR count). The number of rotatable bonds is 3. The zero-order chi connectivity index (χ0) is 14.7. The molecule has 0 aliphatic carbocycles. The molecule has 0 aromatic heterocycles. The van der Waals surface area contributed by atoms with Crippen molar-refractivity contribution < 1.29 is 4.79 Å². The second-order valence-corrected chi connectivity index (χ2v) is 4.83. The highest BCUT2D eigenvalue weighted by atomic mass is 16.1. The second kappa shape index (κ2) is 5.63. The summed E-state index contributed by atoms with van der Waals surface area (Å²) in [4.78, 5) is 12.5. The first-order chi connectivity index (χ1) is 10.3. The van der Waals surface area contributed by atoms with E-state index in [1.54, 1.807) is 0 Å². The quantitative estimate of drug-likeness (QED) is 0.759. The average molecular weight is 273 g/mol. The first kappa shape index (κ1) is 13.1. The van der Waals surface area contributed by atoms with E-state index in [1.165, 1.54) is 0 Å². The van der Waals surface area contributed by atoms with E-state index in [0.717, 1.165) is 16.3 Å². The standard InChI is InChI=1S/C19H15NO/c1-14(15-8-3-2-4-9-15)20-19(21)18-13-7-11-16-10-5-6-12-17(16)18/h2-13H,1H2,(H,20,21). The van der Waals surface area contributed by atoms with Gasteiger partial charge in [0.15, 0.2) is 0 Å². The van der Waals surface area contributed by atoms with Gasteiger partial charge in [-0.3, -0.25) is 4.79 Å². The summed E-state index contributed by atoms with van der Waals surface area (Å²) < 4.78 is 0. The Morgan fingerprint density at radius 2 is 1.48 bits per heavy atom. The number of fused-ring (bicyclic) bond motifs is 1. The molecule has 2 heteroatoms. The minimum absolute atomic E-state index is 0.138. The Labute approximate surface area is 123 Å². The van der Waals surface area contributed by atoms with E-state index in [-0.39, 0.29) is 5.91 Å². The number of benzene rings is 3. The molecule has 2 nitrogen and oxygen atoms in total. The lowest BCUT2D eigenvalue weighted by Gasteiger charge is -2.10. The van der Waals surface area contributed by atoms with Crippen molar-refractivity contribution >= 4 is 22.4 Å². The predicted molar refractivity (Wildman–Crippen MR) is 86.9 cm³/mol. The average Bonchev–Trinajstić information content (AvgIpc) is 2.55. The topological polar surface area (TPSA) is 29.1 Å². The fourth-order valence-electron chi connectivity index (χ4n) is 2.34. The Morgan fingerprint density at radius 3 is 2.29 bits per heavy atom. The van der Waals surface area contributed by atoms with Crippen LogP contribution in [0.25, 0.3) is 16.5 Å². The molecule has 0 spiro atoms. The number of carbonyl (C=O) groups is 1. The van der Waals surface area contributed by atoms with Gasteiger partial charge in [-0.1, -0.05) is 73.3 Å². The first-order valence-electron chi connectivity index (χ1n) is 6.79. The Kier molecular flexibility index (Phi) is 3.52. The number of amides is 1. The summed E-state index contributed by atoms with van der Waals surface area (Å²) in [5.41, 5.74) is 2.17. The molecule has 0 aliphatic rings. The smallest absolute Gasteiger partial charge is 0.256 e. The van der Waals surface area contributed by atoms with Crippen molar-refractivity contribution in [2.24, 2.45) is 0 Å². The number of hydrogen-bond donors (Lipinski definition) is 1. The first-order valence-corrected chi connectivity index (χ1v) is 6.79. The van der Waals surface area contributed by atoms with Crippen molar-refractivity contribution in [3.63, 3.8) is 0 Å². The van der Waals surface area contributed by atoms with E-state index in [4.69, 9.17) is 0 Å². The number of hydrogen-bond acceptors (Lipinski definition) is 1. The van der Waals surface area contributed by atoms with Gasteiger partial charge < -0.3 is 5.32 Å². The van der Waals surface area contributed by atoms with E-state index in [2.05, 4.69) is 11.9 Å². The molecule has 0 radical (unpaired) electrons. The maximum Gasteiger partial charge on any atom is 0.256 e. The third kappa shape index (κ3) is 2.70. The predicted octanol–water partition coefficient (Wildman–Crippen LogP) is 4.24. The minimum Gasteiger partial charge on any atom is -0.322 e. The van der Waals surface area contributed by atoms with Gasteiger partial charge in [-0.2, -0.15) is 0 Å². The fraction of sp³-hybridized carbons (Fsp3) is 0. The minimum atomic E-state index is -0.138. The molecular formula is C19H15NO. The molecule has 0 atom stereocenters. The van der Waals surface area contributed by atoms with Crippen LogP contribution in [0.4, 0.5) is 0 Å². The Bertz CT molecular complexity index is 801. The SMILES string of the molecule is C=C(NC(=O)c1cccc2ccccc12)c1ccccc1. The summed E-state index contributed by atoms with van der Waals surface area (Å²) in [7, 11) is 0. The molecule has 0 fully saturated rings. The highest BCUT2D eigenvalue weighted by molar-refractivity contribution is 6.09. The summed E-state index contributed by atoms with van der Waals surface area (Å²) in [6, 6.07) is 23.2. The third-order valence-electron chi connectivity index (χ3n) is 3.42.